The van der Waals surface area contributed by atoms with Crippen LogP contribution in [0.2, 0.25) is 0 Å². The van der Waals surface area contributed by atoms with Gasteiger partial charge in [0.15, 0.2) is 17.5 Å². The minimum atomic E-state index is -0.553. The Morgan fingerprint density at radius 1 is 1.09 bits per heavy atom. The molecule has 0 fully saturated rings. The molecule has 0 bridgehead atoms. The van der Waals surface area contributed by atoms with Crippen molar-refractivity contribution in [2.75, 3.05) is 24.6 Å². The average Bonchev–Trinajstić information content (AvgIpc) is 2.49. The first-order valence-electron chi connectivity index (χ1n) is 7.66. The van der Waals surface area contributed by atoms with Crippen molar-refractivity contribution in [3.05, 3.63) is 11.4 Å². The molecule has 0 saturated heterocycles. The zero-order valence-corrected chi connectivity index (χ0v) is 13.5. The summed E-state index contributed by atoms with van der Waals surface area (Å²) in [5, 5.41) is 2.44. The van der Waals surface area contributed by atoms with Crippen LogP contribution in [0.1, 0.15) is 48.3 Å². The minimum absolute atomic E-state index is 0.0170. The number of rotatable bonds is 8. The predicted octanol–water partition coefficient (Wildman–Crippen LogP) is -0.0969. The summed E-state index contributed by atoms with van der Waals surface area (Å²) < 4.78 is 0. The lowest BCUT2D eigenvalue weighted by Gasteiger charge is -2.08. The second-order valence-corrected chi connectivity index (χ2v) is 5.21. The molecule has 1 rings (SSSR count). The van der Waals surface area contributed by atoms with Crippen LogP contribution in [0.3, 0.4) is 0 Å². The highest BCUT2D eigenvalue weighted by molar-refractivity contribution is 6.06. The van der Waals surface area contributed by atoms with E-state index in [9.17, 15) is 4.79 Å². The first-order valence-corrected chi connectivity index (χ1v) is 7.66. The van der Waals surface area contributed by atoms with Crippen LogP contribution in [0.15, 0.2) is 4.99 Å². The van der Waals surface area contributed by atoms with Crippen LogP contribution in [0.5, 0.6) is 0 Å². The van der Waals surface area contributed by atoms with Crippen LogP contribution in [-0.4, -0.2) is 34.9 Å². The molecule has 0 aliphatic heterocycles. The van der Waals surface area contributed by atoms with Gasteiger partial charge in [-0.25, -0.2) is 9.97 Å². The molecule has 0 atom stereocenters. The number of nitrogens with one attached hydrogen (secondary N) is 1. The Labute approximate surface area is 135 Å². The van der Waals surface area contributed by atoms with Gasteiger partial charge < -0.3 is 22.9 Å². The fourth-order valence-corrected chi connectivity index (χ4v) is 1.91. The number of aliphatic imine (C=N–C) groups is 1. The number of carbonyl (C=O) groups excluding carboxylic acids is 1. The summed E-state index contributed by atoms with van der Waals surface area (Å²) in [6.07, 6.45) is 5.26. The maximum Gasteiger partial charge on any atom is 0.280 e. The number of aryl methyl sites for hydroxylation is 1. The predicted molar refractivity (Wildman–Crippen MR) is 91.7 cm³/mol. The van der Waals surface area contributed by atoms with Crippen LogP contribution < -0.4 is 28.3 Å². The van der Waals surface area contributed by atoms with Crippen molar-refractivity contribution in [3.63, 3.8) is 0 Å². The van der Waals surface area contributed by atoms with E-state index in [2.05, 4.69) is 20.3 Å². The van der Waals surface area contributed by atoms with Crippen LogP contribution in [0.25, 0.3) is 0 Å². The number of aromatic nitrogens is 2. The third kappa shape index (κ3) is 6.47. The summed E-state index contributed by atoms with van der Waals surface area (Å²) in [6.45, 7) is 2.92. The molecule has 1 heterocycles. The second-order valence-electron chi connectivity index (χ2n) is 5.21. The Hall–Kier alpha value is -2.42. The highest BCUT2D eigenvalue weighted by Gasteiger charge is 2.15. The van der Waals surface area contributed by atoms with Gasteiger partial charge in [0, 0.05) is 6.54 Å². The number of guanidine groups is 1. The third-order valence-corrected chi connectivity index (χ3v) is 3.23. The number of nitrogens with two attached hydrogens (primary N) is 4. The fraction of sp³-hybridized carbons (Fsp3) is 0.571. The highest BCUT2D eigenvalue weighted by atomic mass is 16.2. The Bertz CT molecular complexity index is 558. The summed E-state index contributed by atoms with van der Waals surface area (Å²) in [5.74, 6) is -0.372. The summed E-state index contributed by atoms with van der Waals surface area (Å²) >= 11 is 0. The van der Waals surface area contributed by atoms with Gasteiger partial charge in [-0.2, -0.15) is 0 Å². The van der Waals surface area contributed by atoms with Gasteiger partial charge in [-0.1, -0.05) is 19.3 Å². The van der Waals surface area contributed by atoms with E-state index in [-0.39, 0.29) is 23.3 Å². The summed E-state index contributed by atoms with van der Waals surface area (Å²) in [7, 11) is 0. The molecular formula is C14H26N8O. The van der Waals surface area contributed by atoms with Gasteiger partial charge in [0.05, 0.1) is 5.69 Å². The van der Waals surface area contributed by atoms with Gasteiger partial charge in [-0.3, -0.25) is 15.1 Å². The Morgan fingerprint density at radius 2 is 1.74 bits per heavy atom. The number of nitrogen functional groups attached to an aromatic ring is 2. The van der Waals surface area contributed by atoms with Gasteiger partial charge in [0.1, 0.15) is 5.82 Å². The smallest absolute Gasteiger partial charge is 0.280 e. The number of carbonyl (C=O) groups is 1. The summed E-state index contributed by atoms with van der Waals surface area (Å²) in [6, 6.07) is 0. The number of anilines is 2. The van der Waals surface area contributed by atoms with Crippen molar-refractivity contribution in [1.82, 2.24) is 15.3 Å². The topological polar surface area (TPSA) is 171 Å². The first kappa shape index (κ1) is 18.6. The van der Waals surface area contributed by atoms with E-state index in [1.54, 1.807) is 6.92 Å². The first-order chi connectivity index (χ1) is 11.0. The van der Waals surface area contributed by atoms with E-state index in [0.29, 0.717) is 12.2 Å². The molecule has 128 valence electrons. The molecule has 1 aromatic heterocycles. The molecule has 0 spiro atoms. The lowest BCUT2D eigenvalue weighted by molar-refractivity contribution is 0.0972. The van der Waals surface area contributed by atoms with Crippen molar-refractivity contribution >= 4 is 23.5 Å². The van der Waals surface area contributed by atoms with Crippen LogP contribution in [0, 0.1) is 6.92 Å². The molecule has 23 heavy (non-hydrogen) atoms. The molecule has 0 saturated carbocycles. The van der Waals surface area contributed by atoms with Gasteiger partial charge in [-0.15, -0.1) is 0 Å². The average molecular weight is 322 g/mol. The lowest BCUT2D eigenvalue weighted by atomic mass is 10.1. The van der Waals surface area contributed by atoms with E-state index in [0.717, 1.165) is 38.6 Å². The molecule has 1 aromatic rings. The van der Waals surface area contributed by atoms with Gasteiger partial charge >= 0.3 is 0 Å². The lowest BCUT2D eigenvalue weighted by Crippen LogP contribution is -2.38. The minimum Gasteiger partial charge on any atom is -0.382 e. The molecule has 0 unspecified atom stereocenters. The number of hydrogen-bond acceptors (Lipinski definition) is 7. The number of unbranched alkanes of at least 4 members (excludes halogenated alkanes) is 4. The molecule has 1 amide bonds. The maximum atomic E-state index is 12.0. The fourth-order valence-electron chi connectivity index (χ4n) is 1.91. The second kappa shape index (κ2) is 9.57. The summed E-state index contributed by atoms with van der Waals surface area (Å²) in [5.41, 5.74) is 22.7. The van der Waals surface area contributed by atoms with Crippen molar-refractivity contribution in [2.24, 2.45) is 16.5 Å². The molecule has 9 heteroatoms. The Kier molecular flexibility index (Phi) is 7.75. The normalized spacial score (nSPS) is 11.5. The molecule has 0 aliphatic rings. The zero-order chi connectivity index (χ0) is 17.2. The van der Waals surface area contributed by atoms with Crippen molar-refractivity contribution < 1.29 is 4.79 Å². The number of hydrogen-bond donors (Lipinski definition) is 5. The third-order valence-electron chi connectivity index (χ3n) is 3.23. The zero-order valence-electron chi connectivity index (χ0n) is 13.5. The van der Waals surface area contributed by atoms with Gasteiger partial charge in [0.25, 0.3) is 5.91 Å². The molecule has 9 nitrogen and oxygen atoms in total. The van der Waals surface area contributed by atoms with E-state index < -0.39 is 5.91 Å². The quantitative estimate of drug-likeness (QED) is 0.252. The van der Waals surface area contributed by atoms with E-state index in [4.69, 9.17) is 22.9 Å². The number of nitrogens with zero attached hydrogens (tertiary/aromatic N) is 3. The summed E-state index contributed by atoms with van der Waals surface area (Å²) in [4.78, 5) is 24.0. The monoisotopic (exact) mass is 322 g/mol. The molecular weight excluding hydrogens is 296 g/mol. The number of amides is 1. The van der Waals surface area contributed by atoms with Crippen molar-refractivity contribution in [3.8, 4) is 0 Å². The molecule has 0 aliphatic carbocycles. The Balaban J connectivity index is 2.44. The molecule has 0 aromatic carbocycles. The molecule has 9 N–H and O–H groups in total. The van der Waals surface area contributed by atoms with Crippen LogP contribution in [-0.2, 0) is 0 Å². The van der Waals surface area contributed by atoms with Gasteiger partial charge in [-0.05, 0) is 26.3 Å². The van der Waals surface area contributed by atoms with E-state index in [1.807, 2.05) is 0 Å². The van der Waals surface area contributed by atoms with Gasteiger partial charge in [0.2, 0.25) is 0 Å². The molecule has 0 radical (unpaired) electrons. The van der Waals surface area contributed by atoms with Crippen LogP contribution >= 0.6 is 0 Å². The van der Waals surface area contributed by atoms with Crippen molar-refractivity contribution in [2.45, 2.75) is 39.0 Å². The highest BCUT2D eigenvalue weighted by Crippen LogP contribution is 2.11. The van der Waals surface area contributed by atoms with Crippen LogP contribution in [0.4, 0.5) is 11.6 Å². The van der Waals surface area contributed by atoms with Crippen molar-refractivity contribution in [1.29, 1.82) is 0 Å². The van der Waals surface area contributed by atoms with E-state index in [1.165, 1.54) is 0 Å². The SMILES string of the molecule is Cc1nc(C(=O)NC(N)=NCCCCCCCN)c(N)nc1N. The Morgan fingerprint density at radius 3 is 2.43 bits per heavy atom. The van der Waals surface area contributed by atoms with E-state index >= 15 is 0 Å². The standard InChI is InChI=1S/C14H26N8O/c1-9-11(16)21-12(17)10(20-9)13(23)22-14(18)19-8-6-4-2-3-5-7-15/h2-8,15H2,1H3,(H4,16,17,21)(H3,18,19,22,23). The maximum absolute atomic E-state index is 12.0. The largest absolute Gasteiger partial charge is 0.382 e.